The molecule has 0 bridgehead atoms. The van der Waals surface area contributed by atoms with Crippen LogP contribution in [0.3, 0.4) is 0 Å². The predicted octanol–water partition coefficient (Wildman–Crippen LogP) is 15.2. The molecule has 0 heterocycles. The van der Waals surface area contributed by atoms with Crippen molar-refractivity contribution in [1.82, 2.24) is 0 Å². The van der Waals surface area contributed by atoms with E-state index in [0.717, 1.165) is 6.42 Å². The number of hydrogen-bond acceptors (Lipinski definition) is 0. The van der Waals surface area contributed by atoms with E-state index >= 15 is 0 Å². The van der Waals surface area contributed by atoms with Crippen LogP contribution in [-0.2, 0) is 6.42 Å². The van der Waals surface area contributed by atoms with Crippen LogP contribution >= 0.6 is 0 Å². The third-order valence-corrected chi connectivity index (χ3v) is 7.02. The molecule has 0 nitrogen and oxygen atoms in total. The molecular formula is C47H58. The van der Waals surface area contributed by atoms with Crippen molar-refractivity contribution < 1.29 is 0 Å². The molecule has 1 aliphatic rings. The molecule has 0 atom stereocenters. The number of fused-ring (bicyclic) bond motifs is 7. The summed E-state index contributed by atoms with van der Waals surface area (Å²) in [6, 6.07) is 55.4. The van der Waals surface area contributed by atoms with Crippen molar-refractivity contribution in [1.29, 1.82) is 0 Å². The zero-order valence-electron chi connectivity index (χ0n) is 30.7. The van der Waals surface area contributed by atoms with Crippen LogP contribution in [0.15, 0.2) is 158 Å². The fourth-order valence-corrected chi connectivity index (χ4v) is 5.17. The van der Waals surface area contributed by atoms with Gasteiger partial charge in [-0.3, -0.25) is 0 Å². The fourth-order valence-electron chi connectivity index (χ4n) is 5.17. The molecular weight excluding hydrogens is 565 g/mol. The molecule has 246 valence electrons. The Hall–Kier alpha value is -4.68. The van der Waals surface area contributed by atoms with Gasteiger partial charge in [0.25, 0.3) is 0 Å². The molecule has 1 aliphatic carbocycles. The lowest BCUT2D eigenvalue weighted by Crippen LogP contribution is -1.77. The van der Waals surface area contributed by atoms with E-state index < -0.39 is 0 Å². The average Bonchev–Trinajstić information content (AvgIpc) is 3.58. The van der Waals surface area contributed by atoms with Crippen molar-refractivity contribution in [3.63, 3.8) is 0 Å². The van der Waals surface area contributed by atoms with Gasteiger partial charge in [0.05, 0.1) is 0 Å². The van der Waals surface area contributed by atoms with Gasteiger partial charge in [-0.1, -0.05) is 227 Å². The summed E-state index contributed by atoms with van der Waals surface area (Å²) in [5.74, 6) is 0. The lowest BCUT2D eigenvalue weighted by Gasteiger charge is -2.02. The summed E-state index contributed by atoms with van der Waals surface area (Å²) in [5.41, 5.74) is 5.75. The van der Waals surface area contributed by atoms with Gasteiger partial charge in [0.1, 0.15) is 0 Å². The van der Waals surface area contributed by atoms with E-state index in [9.17, 15) is 0 Å². The minimum absolute atomic E-state index is 1.10. The maximum absolute atomic E-state index is 2.22. The molecule has 7 aromatic rings. The van der Waals surface area contributed by atoms with Crippen molar-refractivity contribution in [3.8, 4) is 11.1 Å². The monoisotopic (exact) mass is 622 g/mol. The van der Waals surface area contributed by atoms with E-state index in [2.05, 4.69) is 158 Å². The predicted molar refractivity (Wildman–Crippen MR) is 217 cm³/mol. The Bertz CT molecular complexity index is 1650. The highest BCUT2D eigenvalue weighted by molar-refractivity contribution is 6.07. The van der Waals surface area contributed by atoms with Crippen LogP contribution in [0.25, 0.3) is 43.4 Å². The molecule has 8 rings (SSSR count). The maximum Gasteiger partial charge on any atom is -0.00135 e. The zero-order chi connectivity index (χ0) is 34.9. The molecule has 0 radical (unpaired) electrons. The second-order valence-corrected chi connectivity index (χ2v) is 9.35. The third-order valence-electron chi connectivity index (χ3n) is 7.02. The molecule has 0 aliphatic heterocycles. The highest BCUT2D eigenvalue weighted by atomic mass is 14.2. The summed E-state index contributed by atoms with van der Waals surface area (Å²) in [5, 5.41) is 7.92. The van der Waals surface area contributed by atoms with Crippen molar-refractivity contribution in [2.24, 2.45) is 0 Å². The summed E-state index contributed by atoms with van der Waals surface area (Å²) in [7, 11) is 0. The minimum atomic E-state index is 1.10. The smallest absolute Gasteiger partial charge is 0.00135 e. The molecule has 0 fully saturated rings. The normalized spacial score (nSPS) is 9.40. The van der Waals surface area contributed by atoms with Gasteiger partial charge < -0.3 is 0 Å². The SMILES string of the molecule is CC.CC.CC.CC.CC.c1ccc2c(c1)Cc1ccccc1-2.c1ccc2c(c1)ccc1ccccc12.c1ccc2ccccc2c1. The summed E-state index contributed by atoms with van der Waals surface area (Å²) < 4.78 is 0. The first-order chi connectivity index (χ1) is 23.4. The quantitative estimate of drug-likeness (QED) is 0.148. The third kappa shape index (κ3) is 11.6. The average molecular weight is 623 g/mol. The fraction of sp³-hybridized carbons (Fsp3) is 0.234. The van der Waals surface area contributed by atoms with E-state index in [4.69, 9.17) is 0 Å². The van der Waals surface area contributed by atoms with E-state index in [1.54, 1.807) is 0 Å². The molecule has 0 saturated carbocycles. The van der Waals surface area contributed by atoms with Gasteiger partial charge in [-0.25, -0.2) is 0 Å². The summed E-state index contributed by atoms with van der Waals surface area (Å²) in [4.78, 5) is 0. The van der Waals surface area contributed by atoms with Gasteiger partial charge >= 0.3 is 0 Å². The molecule has 0 aromatic heterocycles. The van der Waals surface area contributed by atoms with Crippen LogP contribution in [0, 0.1) is 0 Å². The van der Waals surface area contributed by atoms with Crippen molar-refractivity contribution >= 4 is 32.3 Å². The van der Waals surface area contributed by atoms with Crippen molar-refractivity contribution in [2.45, 2.75) is 75.7 Å². The first-order valence-electron chi connectivity index (χ1n) is 17.8. The van der Waals surface area contributed by atoms with Crippen LogP contribution in [0.5, 0.6) is 0 Å². The number of benzene rings is 7. The summed E-state index contributed by atoms with van der Waals surface area (Å²) in [6.45, 7) is 20.0. The molecule has 0 spiro atoms. The lowest BCUT2D eigenvalue weighted by atomic mass is 10.0. The Morgan fingerprint density at radius 3 is 0.851 bits per heavy atom. The van der Waals surface area contributed by atoms with E-state index in [1.165, 1.54) is 54.6 Å². The molecule has 0 heteroatoms. The summed E-state index contributed by atoms with van der Waals surface area (Å²) in [6.07, 6.45) is 1.10. The van der Waals surface area contributed by atoms with Gasteiger partial charge in [-0.05, 0) is 61.0 Å². The molecule has 0 saturated heterocycles. The van der Waals surface area contributed by atoms with Gasteiger partial charge in [0.15, 0.2) is 0 Å². The zero-order valence-corrected chi connectivity index (χ0v) is 30.7. The first kappa shape index (κ1) is 40.3. The topological polar surface area (TPSA) is 0 Å². The van der Waals surface area contributed by atoms with Gasteiger partial charge in [-0.15, -0.1) is 0 Å². The van der Waals surface area contributed by atoms with Crippen LogP contribution < -0.4 is 0 Å². The van der Waals surface area contributed by atoms with Gasteiger partial charge in [0.2, 0.25) is 0 Å². The Kier molecular flexibility index (Phi) is 21.1. The van der Waals surface area contributed by atoms with Crippen molar-refractivity contribution in [3.05, 3.63) is 169 Å². The van der Waals surface area contributed by atoms with E-state index in [1.807, 2.05) is 69.2 Å². The van der Waals surface area contributed by atoms with Crippen LogP contribution in [-0.4, -0.2) is 0 Å². The van der Waals surface area contributed by atoms with E-state index in [0.29, 0.717) is 0 Å². The largest absolute Gasteiger partial charge is 0.0683 e. The molecule has 0 amide bonds. The molecule has 7 aromatic carbocycles. The van der Waals surface area contributed by atoms with Crippen LogP contribution in [0.1, 0.15) is 80.4 Å². The lowest BCUT2D eigenvalue weighted by molar-refractivity contribution is 1.26. The molecule has 0 N–H and O–H groups in total. The van der Waals surface area contributed by atoms with E-state index in [-0.39, 0.29) is 0 Å². The highest BCUT2D eigenvalue weighted by Crippen LogP contribution is 2.35. The van der Waals surface area contributed by atoms with Gasteiger partial charge in [-0.2, -0.15) is 0 Å². The Balaban J connectivity index is 0.000000314. The maximum atomic E-state index is 2.22. The number of hydrogen-bond donors (Lipinski definition) is 0. The van der Waals surface area contributed by atoms with Crippen molar-refractivity contribution in [2.75, 3.05) is 0 Å². The number of rotatable bonds is 0. The Labute approximate surface area is 287 Å². The minimum Gasteiger partial charge on any atom is -0.0683 e. The first-order valence-corrected chi connectivity index (χ1v) is 17.8. The van der Waals surface area contributed by atoms with Crippen LogP contribution in [0.2, 0.25) is 0 Å². The Morgan fingerprint density at radius 1 is 0.255 bits per heavy atom. The standard InChI is InChI=1S/C14H10.C13H10.C10H8.5C2H6/c1-3-7-13-11(5-1)9-10-12-6-2-4-8-14(12)13;1-3-7-12-10(5-1)9-11-6-2-4-8-13(11)12;1-2-6-10-8-4-3-7-9(10)5-1;5*1-2/h1-10H;1-8H,9H2;1-8H;5*1-2H3. The second kappa shape index (κ2) is 24.5. The molecule has 47 heavy (non-hydrogen) atoms. The van der Waals surface area contributed by atoms with Crippen LogP contribution in [0.4, 0.5) is 0 Å². The van der Waals surface area contributed by atoms with Gasteiger partial charge in [0, 0.05) is 0 Å². The highest BCUT2D eigenvalue weighted by Gasteiger charge is 2.15. The summed E-state index contributed by atoms with van der Waals surface area (Å²) >= 11 is 0. The second-order valence-electron chi connectivity index (χ2n) is 9.35. The molecule has 0 unspecified atom stereocenters. The Morgan fingerprint density at radius 2 is 0.511 bits per heavy atom.